The van der Waals surface area contributed by atoms with Crippen molar-refractivity contribution in [2.24, 2.45) is 0 Å². The van der Waals surface area contributed by atoms with E-state index in [-0.39, 0.29) is 28.0 Å². The number of hydrogen-bond donors (Lipinski definition) is 8. The van der Waals surface area contributed by atoms with Crippen LogP contribution in [0, 0.1) is 0 Å². The van der Waals surface area contributed by atoms with Crippen molar-refractivity contribution in [2.45, 2.75) is 30.7 Å². The van der Waals surface area contributed by atoms with Crippen molar-refractivity contribution in [1.82, 2.24) is 0 Å². The van der Waals surface area contributed by atoms with Crippen molar-refractivity contribution >= 4 is 11.0 Å². The van der Waals surface area contributed by atoms with Gasteiger partial charge < -0.3 is 54.7 Å². The van der Waals surface area contributed by atoms with Crippen molar-refractivity contribution in [3.8, 4) is 40.1 Å². The summed E-state index contributed by atoms with van der Waals surface area (Å²) in [5.74, 6) is -3.11. The Hall–Kier alpha value is -3.55. The number of hydrogen-bond acceptors (Lipinski definition) is 12. The minimum atomic E-state index is -1.82. The first-order chi connectivity index (χ1) is 15.6. The number of rotatable bonds is 4. The van der Waals surface area contributed by atoms with Crippen molar-refractivity contribution < 1.29 is 54.7 Å². The maximum absolute atomic E-state index is 12.7. The lowest BCUT2D eigenvalue weighted by atomic mass is 9.99. The predicted molar refractivity (Wildman–Crippen MR) is 109 cm³/mol. The predicted octanol–water partition coefficient (Wildman–Crippen LogP) is -0.539. The van der Waals surface area contributed by atoms with Gasteiger partial charge in [0, 0.05) is 17.7 Å². The summed E-state index contributed by atoms with van der Waals surface area (Å²) >= 11 is 0. The van der Waals surface area contributed by atoms with Gasteiger partial charge in [0.15, 0.2) is 28.4 Å². The van der Waals surface area contributed by atoms with E-state index in [4.69, 9.17) is 13.9 Å². The van der Waals surface area contributed by atoms with Crippen molar-refractivity contribution in [3.63, 3.8) is 0 Å². The van der Waals surface area contributed by atoms with Crippen LogP contribution in [0.1, 0.15) is 0 Å². The molecule has 3 aromatic rings. The molecule has 33 heavy (non-hydrogen) atoms. The van der Waals surface area contributed by atoms with Crippen LogP contribution in [0.2, 0.25) is 0 Å². The Labute approximate surface area is 184 Å². The molecule has 0 bridgehead atoms. The smallest absolute Gasteiger partial charge is 0.229 e. The molecule has 0 radical (unpaired) electrons. The largest absolute Gasteiger partial charge is 0.504 e. The molecule has 4 rings (SSSR count). The minimum Gasteiger partial charge on any atom is -0.504 e. The Morgan fingerprint density at radius 2 is 1.61 bits per heavy atom. The first-order valence-electron chi connectivity index (χ1n) is 9.64. The minimum absolute atomic E-state index is 0.0378. The molecule has 0 aliphatic carbocycles. The number of ether oxygens (including phenoxy) is 2. The second-order valence-electron chi connectivity index (χ2n) is 7.44. The van der Waals surface area contributed by atoms with Gasteiger partial charge in [-0.05, 0) is 18.2 Å². The lowest BCUT2D eigenvalue weighted by Gasteiger charge is -2.39. The number of aliphatic hydroxyl groups is 4. The highest BCUT2D eigenvalue weighted by Gasteiger charge is 2.45. The quantitative estimate of drug-likeness (QED) is 0.229. The molecule has 0 spiro atoms. The third-order valence-electron chi connectivity index (χ3n) is 5.27. The van der Waals surface area contributed by atoms with Crippen molar-refractivity contribution in [3.05, 3.63) is 40.6 Å². The molecule has 12 heteroatoms. The Kier molecular flexibility index (Phi) is 5.78. The van der Waals surface area contributed by atoms with Crippen LogP contribution in [-0.4, -0.2) is 78.2 Å². The average molecular weight is 464 g/mol. The van der Waals surface area contributed by atoms with Gasteiger partial charge in [0.1, 0.15) is 41.1 Å². The second-order valence-corrected chi connectivity index (χ2v) is 7.44. The molecule has 0 unspecified atom stereocenters. The number of phenolic OH excluding ortho intramolecular Hbond substituents is 4. The van der Waals surface area contributed by atoms with Crippen molar-refractivity contribution in [2.75, 3.05) is 6.61 Å². The maximum Gasteiger partial charge on any atom is 0.229 e. The molecule has 0 amide bonds. The van der Waals surface area contributed by atoms with E-state index in [1.54, 1.807) is 0 Å². The van der Waals surface area contributed by atoms with E-state index in [9.17, 15) is 45.6 Å². The van der Waals surface area contributed by atoms with E-state index in [1.165, 1.54) is 12.1 Å². The molecule has 1 saturated heterocycles. The zero-order valence-electron chi connectivity index (χ0n) is 16.7. The summed E-state index contributed by atoms with van der Waals surface area (Å²) in [6.45, 7) is -0.723. The van der Waals surface area contributed by atoms with Crippen molar-refractivity contribution in [1.29, 1.82) is 0 Å². The van der Waals surface area contributed by atoms with Crippen LogP contribution >= 0.6 is 0 Å². The molecule has 1 aromatic heterocycles. The van der Waals surface area contributed by atoms with Gasteiger partial charge in [0.2, 0.25) is 12.0 Å². The Morgan fingerprint density at radius 3 is 2.27 bits per heavy atom. The molecular weight excluding hydrogens is 444 g/mol. The monoisotopic (exact) mass is 464 g/mol. The molecule has 1 aliphatic heterocycles. The first-order valence-corrected chi connectivity index (χ1v) is 9.64. The van der Waals surface area contributed by atoms with Gasteiger partial charge in [-0.1, -0.05) is 0 Å². The molecular formula is C21H20O12. The third-order valence-corrected chi connectivity index (χ3v) is 5.27. The summed E-state index contributed by atoms with van der Waals surface area (Å²) in [6.07, 6.45) is -8.25. The molecule has 176 valence electrons. The third kappa shape index (κ3) is 3.90. The summed E-state index contributed by atoms with van der Waals surface area (Å²) in [4.78, 5) is 12.7. The van der Waals surface area contributed by atoms with Crippen LogP contribution in [0.5, 0.6) is 28.7 Å². The van der Waals surface area contributed by atoms with Gasteiger partial charge in [-0.25, -0.2) is 0 Å². The second kappa shape index (κ2) is 8.42. The summed E-state index contributed by atoms with van der Waals surface area (Å²) in [7, 11) is 0. The van der Waals surface area contributed by atoms with E-state index in [0.29, 0.717) is 0 Å². The Bertz CT molecular complexity index is 1250. The summed E-state index contributed by atoms with van der Waals surface area (Å²) in [5, 5.41) is 78.8. The number of aromatic hydroxyl groups is 4. The zero-order chi connectivity index (χ0) is 24.0. The molecule has 8 N–H and O–H groups in total. The van der Waals surface area contributed by atoms with E-state index in [0.717, 1.165) is 18.2 Å². The van der Waals surface area contributed by atoms with Gasteiger partial charge in [0.05, 0.1) is 6.61 Å². The van der Waals surface area contributed by atoms with Crippen LogP contribution in [0.3, 0.4) is 0 Å². The summed E-state index contributed by atoms with van der Waals surface area (Å²) in [6, 6.07) is 5.66. The fourth-order valence-electron chi connectivity index (χ4n) is 3.49. The van der Waals surface area contributed by atoms with Gasteiger partial charge in [-0.3, -0.25) is 4.79 Å². The zero-order valence-corrected chi connectivity index (χ0v) is 16.7. The fourth-order valence-corrected chi connectivity index (χ4v) is 3.49. The van der Waals surface area contributed by atoms with E-state index < -0.39 is 65.7 Å². The first kappa shape index (κ1) is 22.6. The number of benzene rings is 2. The van der Waals surface area contributed by atoms with Gasteiger partial charge in [0.25, 0.3) is 0 Å². The normalized spacial score (nSPS) is 25.3. The Balaban J connectivity index is 1.75. The van der Waals surface area contributed by atoms with Gasteiger partial charge >= 0.3 is 0 Å². The molecule has 12 nitrogen and oxygen atoms in total. The van der Waals surface area contributed by atoms with Crippen LogP contribution in [0.15, 0.2) is 39.5 Å². The molecule has 2 heterocycles. The van der Waals surface area contributed by atoms with Crippen LogP contribution in [0.4, 0.5) is 0 Å². The van der Waals surface area contributed by atoms with Gasteiger partial charge in [-0.2, -0.15) is 0 Å². The number of phenols is 4. The lowest BCUT2D eigenvalue weighted by Crippen LogP contribution is -2.60. The van der Waals surface area contributed by atoms with Gasteiger partial charge in [-0.15, -0.1) is 0 Å². The van der Waals surface area contributed by atoms with Crippen LogP contribution in [0.25, 0.3) is 22.3 Å². The molecule has 2 aromatic carbocycles. The molecule has 1 aliphatic rings. The van der Waals surface area contributed by atoms with E-state index in [1.807, 2.05) is 0 Å². The van der Waals surface area contributed by atoms with E-state index >= 15 is 0 Å². The average Bonchev–Trinajstić information content (AvgIpc) is 2.77. The van der Waals surface area contributed by atoms with E-state index in [2.05, 4.69) is 0 Å². The SMILES string of the molecule is O=c1cc(-c2ccc(O)c(O)c2)oc2cc(O)c(O[C@@H]3O[C@H](CO)[C@@H](O)[C@H](O)[C@H]3O)c(O)c12. The molecule has 0 saturated carbocycles. The highest BCUT2D eigenvalue weighted by Crippen LogP contribution is 2.43. The lowest BCUT2D eigenvalue weighted by molar-refractivity contribution is -0.277. The van der Waals surface area contributed by atoms with Crippen LogP contribution in [-0.2, 0) is 4.74 Å². The number of aliphatic hydroxyl groups excluding tert-OH is 4. The molecule has 5 atom stereocenters. The fraction of sp³-hybridized carbons (Fsp3) is 0.286. The van der Waals surface area contributed by atoms with Crippen LogP contribution < -0.4 is 10.2 Å². The maximum atomic E-state index is 12.7. The number of fused-ring (bicyclic) bond motifs is 1. The topological polar surface area (TPSA) is 211 Å². The molecule has 1 fully saturated rings. The highest BCUT2D eigenvalue weighted by molar-refractivity contribution is 5.89. The summed E-state index contributed by atoms with van der Waals surface area (Å²) in [5.41, 5.74) is -0.777. The summed E-state index contributed by atoms with van der Waals surface area (Å²) < 4.78 is 16.0. The highest BCUT2D eigenvalue weighted by atomic mass is 16.7. The standard InChI is InChI=1S/C21H20O12/c22-6-14-16(27)18(29)19(30)21(32-14)33-20-11(26)5-13-15(17(20)28)10(25)4-12(31-13)7-1-2-8(23)9(24)3-7/h1-5,14,16,18-19,21-24,26-30H,6H2/t14-,16-,18+,19-,21+/m1/s1. The Morgan fingerprint density at radius 1 is 0.879 bits per heavy atom.